The van der Waals surface area contributed by atoms with Crippen LogP contribution in [0, 0.1) is 27.7 Å². The van der Waals surface area contributed by atoms with Gasteiger partial charge in [-0.3, -0.25) is 0 Å². The largest absolute Gasteiger partial charge is 0.462 e. The van der Waals surface area contributed by atoms with E-state index in [0.29, 0.717) is 42.4 Å². The Balaban J connectivity index is 0.000000214. The molecule has 11 heteroatoms. The van der Waals surface area contributed by atoms with Crippen LogP contribution in [0.4, 0.5) is 0 Å². The fourth-order valence-electron chi connectivity index (χ4n) is 8.28. The highest BCUT2D eigenvalue weighted by Gasteiger charge is 2.46. The average Bonchev–Trinajstić information content (AvgIpc) is 3.69. The standard InChI is InChI=1S/C29H32O6.C22H28O5/c1-19-17-20(2)25-22(18-19)13-10-15-24-26(35-29(3,4)34-24)23(14-8-9-16-32-28(25)31)33-27(30)21-11-6-5-7-12-21;1-14-12-15(2)19-16(13-14)8-7-10-18-20(27-22(3,4)26-18)17(23)9-5-6-11-25-21(19)24/h5-8,10-14,17-18,23-24,26H,9,15-16H2,1-4H3;5,7-9,12-13,17-18,20,23H,6,10-11H2,1-4H3/b13-10+,14-8-;8-7+,9-5-/t23?,24-,26?;17?,18-,20?/m00/s1. The first-order valence-corrected chi connectivity index (χ1v) is 21.4. The first-order valence-electron chi connectivity index (χ1n) is 21.4. The summed E-state index contributed by atoms with van der Waals surface area (Å²) in [4.78, 5) is 38.3. The molecule has 0 radical (unpaired) electrons. The fraction of sp³-hybridized carbons (Fsp3) is 0.431. The molecule has 0 aromatic heterocycles. The first-order chi connectivity index (χ1) is 29.5. The van der Waals surface area contributed by atoms with Gasteiger partial charge in [0.25, 0.3) is 0 Å². The number of esters is 3. The van der Waals surface area contributed by atoms with Gasteiger partial charge in [-0.25, -0.2) is 14.4 Å². The van der Waals surface area contributed by atoms with E-state index in [0.717, 1.165) is 33.4 Å². The zero-order valence-electron chi connectivity index (χ0n) is 37.1. The lowest BCUT2D eigenvalue weighted by Crippen LogP contribution is -2.37. The zero-order valence-corrected chi connectivity index (χ0v) is 37.1. The zero-order chi connectivity index (χ0) is 44.6. The van der Waals surface area contributed by atoms with Crippen molar-refractivity contribution in [1.29, 1.82) is 0 Å². The number of fused-ring (bicyclic) bond motifs is 4. The quantitative estimate of drug-likeness (QED) is 0.150. The van der Waals surface area contributed by atoms with Gasteiger partial charge in [0.2, 0.25) is 0 Å². The number of aliphatic hydroxyl groups excluding tert-OH is 1. The topological polar surface area (TPSA) is 136 Å². The maximum atomic E-state index is 12.8. The Bertz CT molecular complexity index is 2200. The van der Waals surface area contributed by atoms with Gasteiger partial charge in [-0.2, -0.15) is 0 Å². The predicted octanol–water partition coefficient (Wildman–Crippen LogP) is 9.27. The molecule has 0 saturated carbocycles. The van der Waals surface area contributed by atoms with E-state index in [1.54, 1.807) is 36.4 Å². The maximum Gasteiger partial charge on any atom is 0.339 e. The number of aryl methyl sites for hydroxylation is 4. The highest BCUT2D eigenvalue weighted by molar-refractivity contribution is 5.96. The Kier molecular flexibility index (Phi) is 15.2. The lowest BCUT2D eigenvalue weighted by Gasteiger charge is -2.24. The van der Waals surface area contributed by atoms with Crippen LogP contribution in [0.15, 0.2) is 91.1 Å². The number of benzene rings is 3. The molecular formula is C51H60O11. The van der Waals surface area contributed by atoms with Gasteiger partial charge in [-0.1, -0.05) is 96.1 Å². The molecule has 4 unspecified atom stereocenters. The van der Waals surface area contributed by atoms with E-state index < -0.39 is 42.0 Å². The smallest absolute Gasteiger partial charge is 0.339 e. The molecule has 62 heavy (non-hydrogen) atoms. The van der Waals surface area contributed by atoms with Crippen molar-refractivity contribution in [2.24, 2.45) is 0 Å². The van der Waals surface area contributed by atoms with Gasteiger partial charge in [0.15, 0.2) is 11.6 Å². The van der Waals surface area contributed by atoms with Gasteiger partial charge in [0.05, 0.1) is 42.1 Å². The van der Waals surface area contributed by atoms with Crippen molar-refractivity contribution >= 4 is 30.1 Å². The van der Waals surface area contributed by atoms with Gasteiger partial charge in [0.1, 0.15) is 24.4 Å². The van der Waals surface area contributed by atoms with E-state index in [2.05, 4.69) is 0 Å². The van der Waals surface area contributed by atoms with Crippen LogP contribution in [-0.2, 0) is 33.2 Å². The number of rotatable bonds is 2. The molecule has 11 nitrogen and oxygen atoms in total. The van der Waals surface area contributed by atoms with Crippen LogP contribution >= 0.6 is 0 Å². The van der Waals surface area contributed by atoms with Crippen LogP contribution in [0.1, 0.15) is 118 Å². The molecule has 6 atom stereocenters. The lowest BCUT2D eigenvalue weighted by molar-refractivity contribution is -0.153. The first kappa shape index (κ1) is 46.3. The third-order valence-electron chi connectivity index (χ3n) is 10.8. The number of hydrogen-bond donors (Lipinski definition) is 1. The van der Waals surface area contributed by atoms with Crippen LogP contribution in [0.3, 0.4) is 0 Å². The molecule has 3 aromatic rings. The summed E-state index contributed by atoms with van der Waals surface area (Å²) in [5.74, 6) is -2.67. The van der Waals surface area contributed by atoms with Gasteiger partial charge in [-0.15, -0.1) is 0 Å². The fourth-order valence-corrected chi connectivity index (χ4v) is 8.28. The molecule has 2 fully saturated rings. The van der Waals surface area contributed by atoms with Gasteiger partial charge in [0, 0.05) is 0 Å². The van der Waals surface area contributed by atoms with Crippen molar-refractivity contribution in [3.63, 3.8) is 0 Å². The second-order valence-electron chi connectivity index (χ2n) is 17.1. The minimum atomic E-state index is -0.827. The molecule has 4 aliphatic heterocycles. The Morgan fingerprint density at radius 3 is 1.66 bits per heavy atom. The maximum absolute atomic E-state index is 12.8. The minimum absolute atomic E-state index is 0.210. The van der Waals surface area contributed by atoms with Crippen LogP contribution in [0.2, 0.25) is 0 Å². The number of carbonyl (C=O) groups is 3. The van der Waals surface area contributed by atoms with Gasteiger partial charge >= 0.3 is 17.9 Å². The summed E-state index contributed by atoms with van der Waals surface area (Å²) < 4.78 is 41.2. The monoisotopic (exact) mass is 848 g/mol. The molecule has 0 amide bonds. The normalized spacial score (nSPS) is 28.0. The third kappa shape index (κ3) is 12.0. The van der Waals surface area contributed by atoms with E-state index in [1.165, 1.54) is 0 Å². The second-order valence-corrected chi connectivity index (χ2v) is 17.1. The lowest BCUT2D eigenvalue weighted by atomic mass is 9.97. The average molecular weight is 849 g/mol. The molecular weight excluding hydrogens is 789 g/mol. The Morgan fingerprint density at radius 2 is 1.13 bits per heavy atom. The Morgan fingerprint density at radius 1 is 0.645 bits per heavy atom. The Hall–Kier alpha value is -5.17. The molecule has 330 valence electrons. The second kappa shape index (κ2) is 20.3. The SMILES string of the molecule is Cc1cc(C)c2c(c1)/C=C/C[C@@H]1OC(C)(C)OC1C(O)/C=C\CCOC2=O.Cc1cc(C)c2c(c1)/C=C/C[C@@H]1OC(C)(C)OC1C(OC(=O)c1ccccc1)/C=C\CCOC2=O. The highest BCUT2D eigenvalue weighted by Crippen LogP contribution is 2.35. The molecule has 0 spiro atoms. The number of hydrogen-bond acceptors (Lipinski definition) is 11. The van der Waals surface area contributed by atoms with Crippen molar-refractivity contribution in [2.45, 2.75) is 129 Å². The molecule has 0 bridgehead atoms. The summed E-state index contributed by atoms with van der Waals surface area (Å²) in [5, 5.41) is 10.5. The van der Waals surface area contributed by atoms with E-state index in [9.17, 15) is 19.5 Å². The third-order valence-corrected chi connectivity index (χ3v) is 10.8. The Labute approximate surface area is 365 Å². The van der Waals surface area contributed by atoms with Crippen LogP contribution < -0.4 is 0 Å². The van der Waals surface area contributed by atoms with Crippen molar-refractivity contribution in [1.82, 2.24) is 0 Å². The van der Waals surface area contributed by atoms with Crippen molar-refractivity contribution in [3.8, 4) is 0 Å². The summed E-state index contributed by atoms with van der Waals surface area (Å²) in [5.41, 5.74) is 7.20. The molecule has 2 saturated heterocycles. The molecule has 1 N–H and O–H groups in total. The van der Waals surface area contributed by atoms with E-state index >= 15 is 0 Å². The van der Waals surface area contributed by atoms with Crippen molar-refractivity contribution < 1.29 is 52.6 Å². The summed E-state index contributed by atoms with van der Waals surface area (Å²) >= 11 is 0. The van der Waals surface area contributed by atoms with Crippen LogP contribution in [-0.4, -0.2) is 84.4 Å². The van der Waals surface area contributed by atoms with Crippen LogP contribution in [0.25, 0.3) is 12.2 Å². The number of cyclic esters (lactones) is 2. The molecule has 4 heterocycles. The summed E-state index contributed by atoms with van der Waals surface area (Å²) in [6.07, 6.45) is 14.0. The minimum Gasteiger partial charge on any atom is -0.462 e. The molecule has 4 aliphatic rings. The summed E-state index contributed by atoms with van der Waals surface area (Å²) in [7, 11) is 0. The van der Waals surface area contributed by atoms with Crippen LogP contribution in [0.5, 0.6) is 0 Å². The van der Waals surface area contributed by atoms with E-state index in [4.69, 9.17) is 33.2 Å². The van der Waals surface area contributed by atoms with Gasteiger partial charge < -0.3 is 38.3 Å². The molecule has 0 aliphatic carbocycles. The van der Waals surface area contributed by atoms with Gasteiger partial charge in [-0.05, 0) is 122 Å². The molecule has 3 aromatic carbocycles. The number of aliphatic hydroxyl groups is 1. The van der Waals surface area contributed by atoms with E-state index in [-0.39, 0.29) is 37.4 Å². The number of carbonyl (C=O) groups excluding carboxylic acids is 3. The molecule has 7 rings (SSSR count). The highest BCUT2D eigenvalue weighted by atomic mass is 16.8. The van der Waals surface area contributed by atoms with E-state index in [1.807, 2.05) is 122 Å². The predicted molar refractivity (Wildman–Crippen MR) is 237 cm³/mol. The summed E-state index contributed by atoms with van der Waals surface area (Å²) in [6, 6.07) is 16.8. The van der Waals surface area contributed by atoms with Crippen molar-refractivity contribution in [2.75, 3.05) is 13.2 Å². The summed E-state index contributed by atoms with van der Waals surface area (Å²) in [6.45, 7) is 15.7. The van der Waals surface area contributed by atoms with Crippen molar-refractivity contribution in [3.05, 3.63) is 141 Å². The number of ether oxygens (including phenoxy) is 7.